The Morgan fingerprint density at radius 1 is 1.43 bits per heavy atom. The Bertz CT molecular complexity index is 791. The standard InChI is InChI=1S/C15H13N5S/c1-10-9-21-15(18-10)11(6-16)7-17-8-14-19-12-4-2-3-5-13(12)20-14/h2-5,7,9,11H,8H2,1H3,(H,19,20)/t11-/m1/s1. The van der Waals surface area contributed by atoms with E-state index in [1.165, 1.54) is 11.3 Å². The molecule has 0 amide bonds. The van der Waals surface area contributed by atoms with Gasteiger partial charge >= 0.3 is 0 Å². The van der Waals surface area contributed by atoms with Crippen molar-refractivity contribution < 1.29 is 0 Å². The van der Waals surface area contributed by atoms with E-state index in [-0.39, 0.29) is 0 Å². The monoisotopic (exact) mass is 295 g/mol. The van der Waals surface area contributed by atoms with Crippen molar-refractivity contribution in [3.8, 4) is 6.07 Å². The molecule has 0 aliphatic rings. The molecule has 0 saturated carbocycles. The summed E-state index contributed by atoms with van der Waals surface area (Å²) in [5.41, 5.74) is 2.85. The van der Waals surface area contributed by atoms with Gasteiger partial charge in [-0.15, -0.1) is 11.3 Å². The second-order valence-electron chi connectivity index (χ2n) is 4.62. The maximum Gasteiger partial charge on any atom is 0.133 e. The average Bonchev–Trinajstić information content (AvgIpc) is 3.09. The summed E-state index contributed by atoms with van der Waals surface area (Å²) < 4.78 is 0. The Hall–Kier alpha value is -2.52. The normalized spacial score (nSPS) is 12.8. The molecule has 6 heteroatoms. The Morgan fingerprint density at radius 3 is 3.00 bits per heavy atom. The van der Waals surface area contributed by atoms with E-state index in [9.17, 15) is 5.26 Å². The van der Waals surface area contributed by atoms with Crippen molar-refractivity contribution in [3.05, 3.63) is 46.2 Å². The van der Waals surface area contributed by atoms with Crippen LogP contribution in [0.3, 0.4) is 0 Å². The van der Waals surface area contributed by atoms with Gasteiger partial charge in [-0.3, -0.25) is 4.99 Å². The molecule has 0 aliphatic heterocycles. The molecule has 21 heavy (non-hydrogen) atoms. The molecule has 0 saturated heterocycles. The van der Waals surface area contributed by atoms with Gasteiger partial charge in [-0.25, -0.2) is 9.97 Å². The fourth-order valence-electron chi connectivity index (χ4n) is 1.99. The van der Waals surface area contributed by atoms with E-state index in [0.29, 0.717) is 6.54 Å². The van der Waals surface area contributed by atoms with Crippen LogP contribution < -0.4 is 0 Å². The summed E-state index contributed by atoms with van der Waals surface area (Å²) in [6.07, 6.45) is 1.64. The maximum absolute atomic E-state index is 9.20. The number of imidazole rings is 1. The van der Waals surface area contributed by atoms with Crippen molar-refractivity contribution in [2.45, 2.75) is 19.4 Å². The van der Waals surface area contributed by atoms with Crippen LogP contribution in [-0.2, 0) is 6.54 Å². The van der Waals surface area contributed by atoms with Gasteiger partial charge < -0.3 is 4.98 Å². The van der Waals surface area contributed by atoms with Gasteiger partial charge in [-0.05, 0) is 19.1 Å². The molecule has 1 atom stereocenters. The van der Waals surface area contributed by atoms with Crippen LogP contribution in [0.1, 0.15) is 22.4 Å². The number of hydrogen-bond donors (Lipinski definition) is 1. The smallest absolute Gasteiger partial charge is 0.133 e. The molecule has 3 rings (SSSR count). The molecular weight excluding hydrogens is 282 g/mol. The third-order valence-corrected chi connectivity index (χ3v) is 4.02. The summed E-state index contributed by atoms with van der Waals surface area (Å²) in [7, 11) is 0. The van der Waals surface area contributed by atoms with E-state index in [1.807, 2.05) is 36.6 Å². The zero-order valence-corrected chi connectivity index (χ0v) is 12.3. The molecule has 1 aromatic carbocycles. The molecule has 0 fully saturated rings. The van der Waals surface area contributed by atoms with Crippen LogP contribution in [-0.4, -0.2) is 21.2 Å². The number of nitrogens with zero attached hydrogens (tertiary/aromatic N) is 4. The van der Waals surface area contributed by atoms with Crippen LogP contribution in [0.2, 0.25) is 0 Å². The maximum atomic E-state index is 9.20. The summed E-state index contributed by atoms with van der Waals surface area (Å²) in [4.78, 5) is 16.3. The second-order valence-corrected chi connectivity index (χ2v) is 5.51. The predicted molar refractivity (Wildman–Crippen MR) is 83.5 cm³/mol. The molecule has 104 valence electrons. The summed E-state index contributed by atoms with van der Waals surface area (Å²) in [5.74, 6) is 0.396. The minimum absolute atomic E-state index is 0.395. The number of rotatable bonds is 4. The Kier molecular flexibility index (Phi) is 3.75. The SMILES string of the molecule is Cc1csc([C@H](C#N)C=NCc2nc3ccccc3[nH]2)n1. The van der Waals surface area contributed by atoms with Gasteiger partial charge in [0.05, 0.1) is 23.6 Å². The lowest BCUT2D eigenvalue weighted by atomic mass is 10.2. The van der Waals surface area contributed by atoms with E-state index in [2.05, 4.69) is 26.0 Å². The van der Waals surface area contributed by atoms with Gasteiger partial charge in [0.25, 0.3) is 0 Å². The fourth-order valence-corrected chi connectivity index (χ4v) is 2.79. The summed E-state index contributed by atoms with van der Waals surface area (Å²) in [6.45, 7) is 2.34. The minimum Gasteiger partial charge on any atom is -0.340 e. The number of nitrogens with one attached hydrogen (secondary N) is 1. The number of H-pyrrole nitrogens is 1. The quantitative estimate of drug-likeness (QED) is 0.751. The number of aromatic nitrogens is 3. The highest BCUT2D eigenvalue weighted by molar-refractivity contribution is 7.09. The first-order valence-electron chi connectivity index (χ1n) is 6.51. The predicted octanol–water partition coefficient (Wildman–Crippen LogP) is 3.21. The molecule has 0 radical (unpaired) electrons. The molecule has 0 bridgehead atoms. The number of aromatic amines is 1. The zero-order valence-electron chi connectivity index (χ0n) is 11.4. The lowest BCUT2D eigenvalue weighted by molar-refractivity contribution is 0.951. The zero-order chi connectivity index (χ0) is 14.7. The highest BCUT2D eigenvalue weighted by atomic mass is 32.1. The van der Waals surface area contributed by atoms with Crippen LogP contribution in [0.15, 0.2) is 34.6 Å². The molecular formula is C15H13N5S. The van der Waals surface area contributed by atoms with Crippen LogP contribution in [0.25, 0.3) is 11.0 Å². The van der Waals surface area contributed by atoms with E-state index in [4.69, 9.17) is 0 Å². The van der Waals surface area contributed by atoms with Crippen molar-refractivity contribution in [2.75, 3.05) is 0 Å². The number of thiazole rings is 1. The molecule has 2 aromatic heterocycles. The van der Waals surface area contributed by atoms with Crippen LogP contribution >= 0.6 is 11.3 Å². The Morgan fingerprint density at radius 2 is 2.29 bits per heavy atom. The lowest BCUT2D eigenvalue weighted by Gasteiger charge is -1.96. The Labute approximate surface area is 126 Å². The number of aliphatic imine (C=N–C) groups is 1. The first-order chi connectivity index (χ1) is 10.3. The molecule has 0 unspecified atom stereocenters. The number of hydrogen-bond acceptors (Lipinski definition) is 5. The van der Waals surface area contributed by atoms with Crippen LogP contribution in [0.5, 0.6) is 0 Å². The highest BCUT2D eigenvalue weighted by Gasteiger charge is 2.11. The lowest BCUT2D eigenvalue weighted by Crippen LogP contribution is -1.97. The third kappa shape index (κ3) is 2.98. The number of fused-ring (bicyclic) bond motifs is 1. The van der Waals surface area contributed by atoms with Gasteiger partial charge in [-0.1, -0.05) is 12.1 Å². The van der Waals surface area contributed by atoms with Gasteiger partial charge in [-0.2, -0.15) is 5.26 Å². The average molecular weight is 295 g/mol. The number of para-hydroxylation sites is 2. The topological polar surface area (TPSA) is 77.7 Å². The van der Waals surface area contributed by atoms with E-state index >= 15 is 0 Å². The van der Waals surface area contributed by atoms with E-state index in [1.54, 1.807) is 6.21 Å². The molecule has 2 heterocycles. The van der Waals surface area contributed by atoms with Crippen molar-refractivity contribution in [2.24, 2.45) is 4.99 Å². The molecule has 3 aromatic rings. The summed E-state index contributed by atoms with van der Waals surface area (Å²) >= 11 is 1.48. The van der Waals surface area contributed by atoms with Gasteiger partial charge in [0.2, 0.25) is 0 Å². The van der Waals surface area contributed by atoms with Crippen molar-refractivity contribution >= 4 is 28.6 Å². The first kappa shape index (κ1) is 13.5. The number of nitriles is 1. The molecule has 1 N–H and O–H groups in total. The van der Waals surface area contributed by atoms with Crippen LogP contribution in [0, 0.1) is 18.3 Å². The highest BCUT2D eigenvalue weighted by Crippen LogP contribution is 2.18. The summed E-state index contributed by atoms with van der Waals surface area (Å²) in [5, 5.41) is 11.9. The van der Waals surface area contributed by atoms with Gasteiger partial charge in [0, 0.05) is 17.3 Å². The van der Waals surface area contributed by atoms with Crippen molar-refractivity contribution in [3.63, 3.8) is 0 Å². The third-order valence-electron chi connectivity index (χ3n) is 2.98. The first-order valence-corrected chi connectivity index (χ1v) is 7.39. The molecule has 5 nitrogen and oxygen atoms in total. The van der Waals surface area contributed by atoms with Gasteiger partial charge in [0.15, 0.2) is 0 Å². The summed E-state index contributed by atoms with van der Waals surface area (Å²) in [6, 6.07) is 10.1. The van der Waals surface area contributed by atoms with Crippen molar-refractivity contribution in [1.29, 1.82) is 5.26 Å². The number of aryl methyl sites for hydroxylation is 1. The second kappa shape index (κ2) is 5.85. The van der Waals surface area contributed by atoms with E-state index in [0.717, 1.165) is 27.6 Å². The van der Waals surface area contributed by atoms with Gasteiger partial charge in [0.1, 0.15) is 16.7 Å². The van der Waals surface area contributed by atoms with E-state index < -0.39 is 5.92 Å². The van der Waals surface area contributed by atoms with Crippen LogP contribution in [0.4, 0.5) is 0 Å². The number of benzene rings is 1. The molecule has 0 spiro atoms. The minimum atomic E-state index is -0.395. The molecule has 0 aliphatic carbocycles. The van der Waals surface area contributed by atoms with Crippen molar-refractivity contribution in [1.82, 2.24) is 15.0 Å². The largest absolute Gasteiger partial charge is 0.340 e. The fraction of sp³-hybridized carbons (Fsp3) is 0.200. The Balaban J connectivity index is 1.72.